The van der Waals surface area contributed by atoms with Crippen LogP contribution < -0.4 is 10.8 Å². The van der Waals surface area contributed by atoms with Crippen molar-refractivity contribution in [2.24, 2.45) is 0 Å². The molecule has 0 saturated carbocycles. The summed E-state index contributed by atoms with van der Waals surface area (Å²) in [7, 11) is 0. The second-order valence-corrected chi connectivity index (χ2v) is 4.38. The number of benzene rings is 2. The van der Waals surface area contributed by atoms with Crippen molar-refractivity contribution in [3.8, 4) is 0 Å². The third-order valence-electron chi connectivity index (χ3n) is 2.75. The predicted octanol–water partition coefficient (Wildman–Crippen LogP) is 3.49. The average molecular weight is 294 g/mol. The van der Waals surface area contributed by atoms with Crippen LogP contribution in [0.5, 0.6) is 0 Å². The normalized spacial score (nSPS) is 11.0. The largest absolute Gasteiger partial charge is 0.509 e. The zero-order chi connectivity index (χ0) is 15.3. The van der Waals surface area contributed by atoms with Gasteiger partial charge in [0.1, 0.15) is 6.61 Å². The summed E-state index contributed by atoms with van der Waals surface area (Å²) < 4.78 is 42.3. The van der Waals surface area contributed by atoms with Crippen molar-refractivity contribution in [1.82, 2.24) is 0 Å². The molecule has 7 heteroatoms. The number of ether oxygens (including phenoxy) is 1. The molecule has 0 bridgehead atoms. The summed E-state index contributed by atoms with van der Waals surface area (Å²) in [6, 6.07) is 13.3. The maximum atomic E-state index is 12.4. The number of rotatable bonds is 4. The summed E-state index contributed by atoms with van der Waals surface area (Å²) >= 11 is 0. The van der Waals surface area contributed by atoms with E-state index in [2.05, 4.69) is 5.32 Å². The van der Waals surface area contributed by atoms with Crippen LogP contribution in [0.2, 0.25) is 0 Å². The molecule has 0 aliphatic rings. The van der Waals surface area contributed by atoms with E-state index < -0.39 is 18.5 Å². The van der Waals surface area contributed by atoms with E-state index in [4.69, 9.17) is 4.74 Å². The second-order valence-electron chi connectivity index (χ2n) is 4.38. The van der Waals surface area contributed by atoms with Gasteiger partial charge < -0.3 is 17.7 Å². The molecule has 0 heterocycles. The summed E-state index contributed by atoms with van der Waals surface area (Å²) in [5, 5.41) is 2.37. The van der Waals surface area contributed by atoms with Crippen molar-refractivity contribution in [3.63, 3.8) is 0 Å². The lowest BCUT2D eigenvalue weighted by atomic mass is 9.80. The van der Waals surface area contributed by atoms with Gasteiger partial charge in [-0.15, -0.1) is 5.46 Å². The first-order chi connectivity index (χ1) is 9.95. The Morgan fingerprint density at radius 2 is 1.62 bits per heavy atom. The summed E-state index contributed by atoms with van der Waals surface area (Å²) in [6.07, 6.45) is -0.718. The monoisotopic (exact) mass is 294 g/mol. The highest BCUT2D eigenvalue weighted by Crippen LogP contribution is 2.12. The number of hydrogen-bond donors (Lipinski definition) is 1. The molecule has 2 rings (SSSR count). The van der Waals surface area contributed by atoms with Crippen molar-refractivity contribution in [2.45, 2.75) is 6.61 Å². The van der Waals surface area contributed by atoms with Gasteiger partial charge in [0.25, 0.3) is 0 Å². The molecule has 0 aliphatic carbocycles. The maximum absolute atomic E-state index is 12.4. The number of nitrogens with one attached hydrogen (secondary N) is 1. The van der Waals surface area contributed by atoms with Gasteiger partial charge in [0.05, 0.1) is 0 Å². The molecule has 0 aromatic heterocycles. The minimum absolute atomic E-state index is 0.0937. The Bertz CT molecular complexity index is 600. The third-order valence-corrected chi connectivity index (χ3v) is 2.75. The number of carbonyl (C=O) groups excluding carboxylic acids is 1. The first-order valence-electron chi connectivity index (χ1n) is 6.23. The zero-order valence-corrected chi connectivity index (χ0v) is 10.9. The lowest BCUT2D eigenvalue weighted by molar-refractivity contribution is 0.155. The standard InChI is InChI=1S/C14H12BF3NO2/c16-15(17,18)12-6-8-13(9-7-12)19-14(20)21-10-11-4-2-1-3-5-11/h1-9H,10H2,(H,19,20)/q-1. The number of hydrogen-bond acceptors (Lipinski definition) is 2. The highest BCUT2D eigenvalue weighted by atomic mass is 19.4. The molecule has 21 heavy (non-hydrogen) atoms. The molecular weight excluding hydrogens is 282 g/mol. The third kappa shape index (κ3) is 4.56. The molecular formula is C14H12BF3NO2-. The van der Waals surface area contributed by atoms with Crippen molar-refractivity contribution in [1.29, 1.82) is 0 Å². The van der Waals surface area contributed by atoms with E-state index in [1.54, 1.807) is 12.1 Å². The van der Waals surface area contributed by atoms with Crippen LogP contribution in [0.4, 0.5) is 23.4 Å². The molecule has 2 aromatic carbocycles. The van der Waals surface area contributed by atoms with E-state index in [9.17, 15) is 17.7 Å². The van der Waals surface area contributed by atoms with Gasteiger partial charge in [-0.2, -0.15) is 0 Å². The van der Waals surface area contributed by atoms with E-state index in [0.717, 1.165) is 17.7 Å². The Hall–Kier alpha value is -2.44. The summed E-state index contributed by atoms with van der Waals surface area (Å²) in [5.74, 6) is 0. The summed E-state index contributed by atoms with van der Waals surface area (Å²) in [4.78, 5) is 11.5. The van der Waals surface area contributed by atoms with Crippen LogP contribution >= 0.6 is 0 Å². The first-order valence-corrected chi connectivity index (χ1v) is 6.23. The van der Waals surface area contributed by atoms with E-state index in [0.29, 0.717) is 0 Å². The van der Waals surface area contributed by atoms with Crippen LogP contribution in [0.25, 0.3) is 0 Å². The minimum Gasteiger partial charge on any atom is -0.445 e. The maximum Gasteiger partial charge on any atom is 0.509 e. The van der Waals surface area contributed by atoms with Gasteiger partial charge in [-0.3, -0.25) is 5.32 Å². The first kappa shape index (κ1) is 15.0. The number of carbonyl (C=O) groups is 1. The Balaban J connectivity index is 1.88. The smallest absolute Gasteiger partial charge is 0.445 e. The fourth-order valence-corrected chi connectivity index (χ4v) is 1.66. The van der Waals surface area contributed by atoms with E-state index in [1.807, 2.05) is 18.2 Å². The molecule has 1 amide bonds. The van der Waals surface area contributed by atoms with Gasteiger partial charge in [0, 0.05) is 5.69 Å². The number of halogens is 3. The van der Waals surface area contributed by atoms with Gasteiger partial charge in [-0.05, 0) is 17.7 Å². The van der Waals surface area contributed by atoms with Crippen molar-refractivity contribution >= 4 is 24.2 Å². The minimum atomic E-state index is -5.03. The average Bonchev–Trinajstić information content (AvgIpc) is 2.46. The lowest BCUT2D eigenvalue weighted by Crippen LogP contribution is -2.33. The Morgan fingerprint density at radius 3 is 2.19 bits per heavy atom. The molecule has 0 spiro atoms. The summed E-state index contributed by atoms with van der Waals surface area (Å²) in [6.45, 7) is -4.93. The van der Waals surface area contributed by atoms with E-state index in [-0.39, 0.29) is 12.3 Å². The second kappa shape index (κ2) is 6.34. The number of amides is 1. The fraction of sp³-hybridized carbons (Fsp3) is 0.0714. The molecule has 0 unspecified atom stereocenters. The SMILES string of the molecule is O=C(Nc1ccc([B-](F)(F)F)cc1)OCc1ccccc1. The molecule has 110 valence electrons. The van der Waals surface area contributed by atoms with Gasteiger partial charge in [0.15, 0.2) is 0 Å². The van der Waals surface area contributed by atoms with Gasteiger partial charge in [-0.25, -0.2) is 4.79 Å². The van der Waals surface area contributed by atoms with Crippen LogP contribution in [0, 0.1) is 0 Å². The molecule has 3 nitrogen and oxygen atoms in total. The Morgan fingerprint density at radius 1 is 1.00 bits per heavy atom. The molecule has 0 atom stereocenters. The zero-order valence-electron chi connectivity index (χ0n) is 10.9. The highest BCUT2D eigenvalue weighted by Gasteiger charge is 2.24. The molecule has 0 fully saturated rings. The molecule has 0 saturated heterocycles. The van der Waals surface area contributed by atoms with Gasteiger partial charge in [-0.1, -0.05) is 42.5 Å². The molecule has 0 radical (unpaired) electrons. The van der Waals surface area contributed by atoms with Crippen LogP contribution in [0.1, 0.15) is 5.56 Å². The summed E-state index contributed by atoms with van der Waals surface area (Å²) in [5.41, 5.74) is 0.359. The van der Waals surface area contributed by atoms with E-state index in [1.165, 1.54) is 12.1 Å². The van der Waals surface area contributed by atoms with Gasteiger partial charge >= 0.3 is 13.1 Å². The van der Waals surface area contributed by atoms with Crippen LogP contribution in [-0.4, -0.2) is 13.1 Å². The molecule has 0 aliphatic heterocycles. The van der Waals surface area contributed by atoms with Crippen LogP contribution in [-0.2, 0) is 11.3 Å². The Labute approximate surface area is 119 Å². The lowest BCUT2D eigenvalue weighted by Gasteiger charge is -2.15. The quantitative estimate of drug-likeness (QED) is 0.877. The van der Waals surface area contributed by atoms with Crippen molar-refractivity contribution in [2.75, 3.05) is 5.32 Å². The number of anilines is 1. The van der Waals surface area contributed by atoms with Crippen molar-refractivity contribution < 1.29 is 22.5 Å². The Kier molecular flexibility index (Phi) is 4.52. The highest BCUT2D eigenvalue weighted by molar-refractivity contribution is 6.73. The molecule has 1 N–H and O–H groups in total. The van der Waals surface area contributed by atoms with Crippen LogP contribution in [0.15, 0.2) is 54.6 Å². The van der Waals surface area contributed by atoms with Crippen molar-refractivity contribution in [3.05, 3.63) is 60.2 Å². The predicted molar refractivity (Wildman–Crippen MR) is 75.4 cm³/mol. The van der Waals surface area contributed by atoms with Gasteiger partial charge in [0.2, 0.25) is 0 Å². The fourth-order valence-electron chi connectivity index (χ4n) is 1.66. The topological polar surface area (TPSA) is 38.3 Å². The van der Waals surface area contributed by atoms with E-state index >= 15 is 0 Å². The van der Waals surface area contributed by atoms with Crippen LogP contribution in [0.3, 0.4) is 0 Å². The molecule has 2 aromatic rings.